The molecule has 1 atom stereocenters. The van der Waals surface area contributed by atoms with Gasteiger partial charge in [-0.3, -0.25) is 4.79 Å². The number of carboxylic acids is 1. The number of benzene rings is 1. The van der Waals surface area contributed by atoms with Crippen molar-refractivity contribution in [1.29, 1.82) is 0 Å². The average molecular weight is 272 g/mol. The van der Waals surface area contributed by atoms with Crippen LogP contribution in [0.1, 0.15) is 13.3 Å². The summed E-state index contributed by atoms with van der Waals surface area (Å²) in [7, 11) is -3.78. The second-order valence-corrected chi connectivity index (χ2v) is 5.53. The molecule has 0 saturated carbocycles. The SMILES string of the molecule is CC(CCNc1ccccc1S(N)(=O)=O)C(=O)O. The Bertz CT molecular complexity index is 528. The van der Waals surface area contributed by atoms with Crippen molar-refractivity contribution in [3.8, 4) is 0 Å². The first-order valence-corrected chi connectivity index (χ1v) is 6.95. The highest BCUT2D eigenvalue weighted by molar-refractivity contribution is 7.89. The van der Waals surface area contributed by atoms with Gasteiger partial charge in [-0.15, -0.1) is 0 Å². The molecule has 0 radical (unpaired) electrons. The van der Waals surface area contributed by atoms with Gasteiger partial charge in [0.25, 0.3) is 0 Å². The molecule has 0 aliphatic heterocycles. The van der Waals surface area contributed by atoms with Gasteiger partial charge in [-0.05, 0) is 18.6 Å². The summed E-state index contributed by atoms with van der Waals surface area (Å²) in [5.41, 5.74) is 0.387. The number of hydrogen-bond donors (Lipinski definition) is 3. The van der Waals surface area contributed by atoms with E-state index in [1.807, 2.05) is 0 Å². The molecule has 0 aliphatic rings. The standard InChI is InChI=1S/C11H16N2O4S/c1-8(11(14)15)6-7-13-9-4-2-3-5-10(9)18(12,16)17/h2-5,8,13H,6-7H2,1H3,(H,14,15)(H2,12,16,17). The fourth-order valence-electron chi connectivity index (χ4n) is 1.41. The summed E-state index contributed by atoms with van der Waals surface area (Å²) < 4.78 is 22.6. The van der Waals surface area contributed by atoms with Gasteiger partial charge in [0, 0.05) is 6.54 Å². The van der Waals surface area contributed by atoms with E-state index in [0.717, 1.165) is 0 Å². The van der Waals surface area contributed by atoms with Crippen molar-refractivity contribution in [2.45, 2.75) is 18.2 Å². The van der Waals surface area contributed by atoms with Crippen LogP contribution in [0.3, 0.4) is 0 Å². The first-order chi connectivity index (χ1) is 8.32. The van der Waals surface area contributed by atoms with Crippen LogP contribution in [0.25, 0.3) is 0 Å². The zero-order valence-electron chi connectivity index (χ0n) is 9.96. The molecule has 0 bridgehead atoms. The van der Waals surface area contributed by atoms with E-state index in [0.29, 0.717) is 18.7 Å². The smallest absolute Gasteiger partial charge is 0.306 e. The number of sulfonamides is 1. The molecule has 6 nitrogen and oxygen atoms in total. The normalized spacial score (nSPS) is 13.0. The fraction of sp³-hybridized carbons (Fsp3) is 0.364. The third-order valence-electron chi connectivity index (χ3n) is 2.51. The molecule has 4 N–H and O–H groups in total. The van der Waals surface area contributed by atoms with E-state index >= 15 is 0 Å². The van der Waals surface area contributed by atoms with Crippen molar-refractivity contribution in [2.75, 3.05) is 11.9 Å². The van der Waals surface area contributed by atoms with E-state index in [2.05, 4.69) is 5.32 Å². The van der Waals surface area contributed by atoms with E-state index in [1.54, 1.807) is 25.1 Å². The Morgan fingerprint density at radius 1 is 1.44 bits per heavy atom. The molecule has 1 unspecified atom stereocenters. The molecule has 18 heavy (non-hydrogen) atoms. The lowest BCUT2D eigenvalue weighted by Crippen LogP contribution is -2.17. The first-order valence-electron chi connectivity index (χ1n) is 5.41. The number of nitrogens with one attached hydrogen (secondary N) is 1. The van der Waals surface area contributed by atoms with E-state index < -0.39 is 21.9 Å². The first kappa shape index (κ1) is 14.5. The number of hydrogen-bond acceptors (Lipinski definition) is 4. The van der Waals surface area contributed by atoms with Crippen LogP contribution in [0, 0.1) is 5.92 Å². The largest absolute Gasteiger partial charge is 0.481 e. The van der Waals surface area contributed by atoms with E-state index in [9.17, 15) is 13.2 Å². The predicted octanol–water partition coefficient (Wildman–Crippen LogP) is 0.857. The number of nitrogens with two attached hydrogens (primary N) is 1. The van der Waals surface area contributed by atoms with Crippen LogP contribution in [0.5, 0.6) is 0 Å². The highest BCUT2D eigenvalue weighted by Gasteiger charge is 2.14. The Labute approximate surface area is 106 Å². The summed E-state index contributed by atoms with van der Waals surface area (Å²) in [6, 6.07) is 6.24. The van der Waals surface area contributed by atoms with E-state index in [4.69, 9.17) is 10.2 Å². The van der Waals surface area contributed by atoms with E-state index in [1.165, 1.54) is 6.07 Å². The quantitative estimate of drug-likeness (QED) is 0.711. The summed E-state index contributed by atoms with van der Waals surface area (Å²) >= 11 is 0. The number of rotatable bonds is 6. The van der Waals surface area contributed by atoms with Gasteiger partial charge in [0.15, 0.2) is 0 Å². The van der Waals surface area contributed by atoms with Crippen LogP contribution in [-0.2, 0) is 14.8 Å². The van der Waals surface area contributed by atoms with Gasteiger partial charge in [0.2, 0.25) is 10.0 Å². The van der Waals surface area contributed by atoms with Crippen LogP contribution < -0.4 is 10.5 Å². The van der Waals surface area contributed by atoms with Crippen molar-refractivity contribution >= 4 is 21.7 Å². The molecular formula is C11H16N2O4S. The van der Waals surface area contributed by atoms with Gasteiger partial charge < -0.3 is 10.4 Å². The van der Waals surface area contributed by atoms with E-state index in [-0.39, 0.29) is 4.90 Å². The minimum absolute atomic E-state index is 0.00739. The maximum atomic E-state index is 11.3. The summed E-state index contributed by atoms with van der Waals surface area (Å²) in [6.07, 6.45) is 0.397. The average Bonchev–Trinajstić information content (AvgIpc) is 2.28. The fourth-order valence-corrected chi connectivity index (χ4v) is 2.12. The summed E-state index contributed by atoms with van der Waals surface area (Å²) in [6.45, 7) is 1.95. The molecule has 1 aromatic rings. The Kier molecular flexibility index (Phi) is 4.69. The van der Waals surface area contributed by atoms with Crippen LogP contribution in [-0.4, -0.2) is 26.0 Å². The lowest BCUT2D eigenvalue weighted by atomic mass is 10.1. The number of carbonyl (C=O) groups is 1. The highest BCUT2D eigenvalue weighted by Crippen LogP contribution is 2.19. The zero-order chi connectivity index (χ0) is 13.8. The molecule has 0 amide bonds. The van der Waals surface area contributed by atoms with Crippen molar-refractivity contribution in [3.63, 3.8) is 0 Å². The maximum absolute atomic E-state index is 11.3. The van der Waals surface area contributed by atoms with Crippen LogP contribution in [0.2, 0.25) is 0 Å². The van der Waals surface area contributed by atoms with Crippen molar-refractivity contribution in [2.24, 2.45) is 11.1 Å². The molecule has 0 heterocycles. The molecule has 0 fully saturated rings. The Balaban J connectivity index is 2.72. The lowest BCUT2D eigenvalue weighted by Gasteiger charge is -2.11. The number of carboxylic acid groups (broad SMARTS) is 1. The van der Waals surface area contributed by atoms with Gasteiger partial charge in [0.1, 0.15) is 4.90 Å². The van der Waals surface area contributed by atoms with Gasteiger partial charge >= 0.3 is 5.97 Å². The minimum Gasteiger partial charge on any atom is -0.481 e. The monoisotopic (exact) mass is 272 g/mol. The maximum Gasteiger partial charge on any atom is 0.306 e. The molecule has 100 valence electrons. The molecular weight excluding hydrogens is 256 g/mol. The molecule has 0 saturated heterocycles. The van der Waals surface area contributed by atoms with Crippen molar-refractivity contribution in [3.05, 3.63) is 24.3 Å². The second-order valence-electron chi connectivity index (χ2n) is 4.00. The van der Waals surface area contributed by atoms with Crippen molar-refractivity contribution < 1.29 is 18.3 Å². The summed E-state index contributed by atoms with van der Waals surface area (Å²) in [5.74, 6) is -1.37. The Morgan fingerprint density at radius 3 is 2.61 bits per heavy atom. The number of anilines is 1. The van der Waals surface area contributed by atoms with Crippen LogP contribution in [0.4, 0.5) is 5.69 Å². The third kappa shape index (κ3) is 4.01. The van der Waals surface area contributed by atoms with Gasteiger partial charge in [-0.1, -0.05) is 19.1 Å². The second kappa shape index (κ2) is 5.83. The van der Waals surface area contributed by atoms with Gasteiger partial charge in [-0.2, -0.15) is 0 Å². The Morgan fingerprint density at radius 2 is 2.06 bits per heavy atom. The van der Waals surface area contributed by atoms with Gasteiger partial charge in [-0.25, -0.2) is 13.6 Å². The minimum atomic E-state index is -3.78. The summed E-state index contributed by atoms with van der Waals surface area (Å²) in [5, 5.41) is 16.7. The molecule has 7 heteroatoms. The number of primary sulfonamides is 1. The topological polar surface area (TPSA) is 109 Å². The third-order valence-corrected chi connectivity index (χ3v) is 3.48. The van der Waals surface area contributed by atoms with Crippen molar-refractivity contribution in [1.82, 2.24) is 0 Å². The highest BCUT2D eigenvalue weighted by atomic mass is 32.2. The lowest BCUT2D eigenvalue weighted by molar-refractivity contribution is -0.141. The summed E-state index contributed by atoms with van der Waals surface area (Å²) in [4.78, 5) is 10.6. The number of aliphatic carboxylic acids is 1. The molecule has 0 spiro atoms. The van der Waals surface area contributed by atoms with Crippen LogP contribution in [0.15, 0.2) is 29.2 Å². The molecule has 0 aliphatic carbocycles. The van der Waals surface area contributed by atoms with Gasteiger partial charge in [0.05, 0.1) is 11.6 Å². The zero-order valence-corrected chi connectivity index (χ0v) is 10.8. The predicted molar refractivity (Wildman–Crippen MR) is 67.7 cm³/mol. The van der Waals surface area contributed by atoms with Crippen LogP contribution >= 0.6 is 0 Å². The Hall–Kier alpha value is -1.60. The molecule has 0 aromatic heterocycles. The molecule has 1 rings (SSSR count). The molecule has 1 aromatic carbocycles. The number of para-hydroxylation sites is 1.